The van der Waals surface area contributed by atoms with E-state index >= 15 is 0 Å². The molecule has 0 bridgehead atoms. The highest BCUT2D eigenvalue weighted by atomic mass is 15.3. The lowest BCUT2D eigenvalue weighted by Crippen LogP contribution is -2.13. The number of hydrogen-bond donors (Lipinski definition) is 5. The minimum Gasteiger partial charge on any atom is -0.399 e. The summed E-state index contributed by atoms with van der Waals surface area (Å²) < 4.78 is 0. The molecule has 1 aliphatic carbocycles. The highest BCUT2D eigenvalue weighted by Gasteiger charge is 2.22. The monoisotopic (exact) mass is 376 g/mol. The average molecular weight is 376 g/mol. The summed E-state index contributed by atoms with van der Waals surface area (Å²) in [6.07, 6.45) is 3.10. The lowest BCUT2D eigenvalue weighted by Gasteiger charge is -2.11. The van der Waals surface area contributed by atoms with E-state index in [9.17, 15) is 0 Å². The quantitative estimate of drug-likeness (QED) is 0.380. The molecule has 7 N–H and O–H groups in total. The van der Waals surface area contributed by atoms with E-state index < -0.39 is 0 Å². The third-order valence-electron chi connectivity index (χ3n) is 4.34. The first-order valence-electron chi connectivity index (χ1n) is 9.37. The number of nitrogen functional groups attached to an aromatic ring is 2. The van der Waals surface area contributed by atoms with Crippen molar-refractivity contribution in [3.8, 4) is 0 Å². The van der Waals surface area contributed by atoms with Gasteiger partial charge in [-0.1, -0.05) is 18.2 Å². The van der Waals surface area contributed by atoms with E-state index in [0.717, 1.165) is 36.2 Å². The van der Waals surface area contributed by atoms with Crippen molar-refractivity contribution in [2.24, 2.45) is 0 Å². The van der Waals surface area contributed by atoms with E-state index in [0.29, 0.717) is 36.1 Å². The van der Waals surface area contributed by atoms with Gasteiger partial charge in [0, 0.05) is 29.6 Å². The second kappa shape index (κ2) is 7.99. The van der Waals surface area contributed by atoms with E-state index in [1.807, 2.05) is 42.5 Å². The SMILES string of the molecule is Nc1cccc(CCNc2nc(Nc3cccc(N)c3)nc(NC3CC3)n2)c1. The number of hydrogen-bond acceptors (Lipinski definition) is 8. The van der Waals surface area contributed by atoms with Gasteiger partial charge in [-0.15, -0.1) is 0 Å². The molecule has 3 aromatic rings. The number of rotatable bonds is 8. The van der Waals surface area contributed by atoms with Crippen molar-refractivity contribution in [1.82, 2.24) is 15.0 Å². The fourth-order valence-corrected chi connectivity index (χ4v) is 2.80. The number of nitrogens with one attached hydrogen (secondary N) is 3. The van der Waals surface area contributed by atoms with Crippen LogP contribution in [0, 0.1) is 0 Å². The molecule has 8 nitrogen and oxygen atoms in total. The van der Waals surface area contributed by atoms with Crippen LogP contribution in [0.1, 0.15) is 18.4 Å². The first-order valence-corrected chi connectivity index (χ1v) is 9.37. The topological polar surface area (TPSA) is 127 Å². The largest absolute Gasteiger partial charge is 0.399 e. The number of nitrogens with zero attached hydrogens (tertiary/aromatic N) is 3. The molecule has 0 spiro atoms. The van der Waals surface area contributed by atoms with Gasteiger partial charge in [0.05, 0.1) is 0 Å². The molecule has 2 aromatic carbocycles. The van der Waals surface area contributed by atoms with Crippen LogP contribution in [0.15, 0.2) is 48.5 Å². The summed E-state index contributed by atoms with van der Waals surface area (Å²) in [5.41, 5.74) is 15.1. The zero-order chi connectivity index (χ0) is 19.3. The number of anilines is 6. The van der Waals surface area contributed by atoms with Crippen LogP contribution in [0.2, 0.25) is 0 Å². The maximum absolute atomic E-state index is 5.85. The molecule has 0 saturated heterocycles. The van der Waals surface area contributed by atoms with Crippen LogP contribution in [0.25, 0.3) is 0 Å². The highest BCUT2D eigenvalue weighted by Crippen LogP contribution is 2.24. The van der Waals surface area contributed by atoms with Crippen molar-refractivity contribution < 1.29 is 0 Å². The zero-order valence-corrected chi connectivity index (χ0v) is 15.5. The molecule has 28 heavy (non-hydrogen) atoms. The molecule has 1 aliphatic rings. The molecule has 0 unspecified atom stereocenters. The molecule has 1 fully saturated rings. The van der Waals surface area contributed by atoms with Crippen molar-refractivity contribution >= 4 is 34.9 Å². The summed E-state index contributed by atoms with van der Waals surface area (Å²) in [4.78, 5) is 13.4. The van der Waals surface area contributed by atoms with Gasteiger partial charge < -0.3 is 27.4 Å². The van der Waals surface area contributed by atoms with Gasteiger partial charge in [0.1, 0.15) is 0 Å². The molecule has 1 heterocycles. The molecular weight excluding hydrogens is 352 g/mol. The van der Waals surface area contributed by atoms with Crippen molar-refractivity contribution in [2.75, 3.05) is 34.0 Å². The molecule has 144 valence electrons. The maximum Gasteiger partial charge on any atom is 0.233 e. The molecule has 1 saturated carbocycles. The summed E-state index contributed by atoms with van der Waals surface area (Å²) in [6, 6.07) is 15.8. The van der Waals surface area contributed by atoms with Crippen LogP contribution in [0.5, 0.6) is 0 Å². The molecular formula is C20H24N8. The van der Waals surface area contributed by atoms with Crippen molar-refractivity contribution in [2.45, 2.75) is 25.3 Å². The van der Waals surface area contributed by atoms with E-state index in [4.69, 9.17) is 11.5 Å². The summed E-state index contributed by atoms with van der Waals surface area (Å²) in [6.45, 7) is 0.689. The second-order valence-electron chi connectivity index (χ2n) is 6.90. The van der Waals surface area contributed by atoms with Gasteiger partial charge >= 0.3 is 0 Å². The number of aromatic nitrogens is 3. The highest BCUT2D eigenvalue weighted by molar-refractivity contribution is 5.60. The van der Waals surface area contributed by atoms with Crippen LogP contribution in [0.3, 0.4) is 0 Å². The zero-order valence-electron chi connectivity index (χ0n) is 15.5. The lowest BCUT2D eigenvalue weighted by molar-refractivity contribution is 0.956. The summed E-state index contributed by atoms with van der Waals surface area (Å²) in [5, 5.41) is 9.80. The number of nitrogens with two attached hydrogens (primary N) is 2. The Bertz CT molecular complexity index is 954. The fraction of sp³-hybridized carbons (Fsp3) is 0.250. The Kier molecular flexibility index (Phi) is 5.09. The Morgan fingerprint density at radius 2 is 1.57 bits per heavy atom. The lowest BCUT2D eigenvalue weighted by atomic mass is 10.1. The third-order valence-corrected chi connectivity index (χ3v) is 4.34. The first kappa shape index (κ1) is 17.8. The Morgan fingerprint density at radius 1 is 0.857 bits per heavy atom. The van der Waals surface area contributed by atoms with Gasteiger partial charge in [0.2, 0.25) is 17.8 Å². The van der Waals surface area contributed by atoms with Crippen LogP contribution in [0.4, 0.5) is 34.9 Å². The normalized spacial score (nSPS) is 13.1. The first-order chi connectivity index (χ1) is 13.6. The van der Waals surface area contributed by atoms with Gasteiger partial charge in [-0.25, -0.2) is 0 Å². The van der Waals surface area contributed by atoms with Gasteiger partial charge in [-0.05, 0) is 55.2 Å². The Hall–Kier alpha value is -3.55. The third kappa shape index (κ3) is 5.00. The molecule has 0 atom stereocenters. The van der Waals surface area contributed by atoms with Crippen molar-refractivity contribution in [3.63, 3.8) is 0 Å². The molecule has 4 rings (SSSR count). The van der Waals surface area contributed by atoms with E-state index in [-0.39, 0.29) is 0 Å². The Morgan fingerprint density at radius 3 is 2.32 bits per heavy atom. The number of benzene rings is 2. The van der Waals surface area contributed by atoms with E-state index in [1.54, 1.807) is 0 Å². The van der Waals surface area contributed by atoms with Gasteiger partial charge in [0.15, 0.2) is 0 Å². The van der Waals surface area contributed by atoms with Crippen molar-refractivity contribution in [3.05, 3.63) is 54.1 Å². The minimum absolute atomic E-state index is 0.447. The summed E-state index contributed by atoms with van der Waals surface area (Å²) >= 11 is 0. The summed E-state index contributed by atoms with van der Waals surface area (Å²) in [5.74, 6) is 1.55. The smallest absolute Gasteiger partial charge is 0.233 e. The fourth-order valence-electron chi connectivity index (χ4n) is 2.80. The molecule has 0 radical (unpaired) electrons. The predicted octanol–water partition coefficient (Wildman–Crippen LogP) is 3.01. The maximum atomic E-state index is 5.85. The molecule has 1 aromatic heterocycles. The van der Waals surface area contributed by atoms with Crippen LogP contribution < -0.4 is 27.4 Å². The van der Waals surface area contributed by atoms with Gasteiger partial charge in [-0.2, -0.15) is 15.0 Å². The van der Waals surface area contributed by atoms with Gasteiger partial charge in [0.25, 0.3) is 0 Å². The molecule has 8 heteroatoms. The second-order valence-corrected chi connectivity index (χ2v) is 6.90. The van der Waals surface area contributed by atoms with Crippen LogP contribution in [-0.4, -0.2) is 27.5 Å². The molecule has 0 aliphatic heterocycles. The van der Waals surface area contributed by atoms with E-state index in [1.165, 1.54) is 0 Å². The Labute approximate surface area is 163 Å². The van der Waals surface area contributed by atoms with E-state index in [2.05, 4.69) is 37.0 Å². The molecule has 0 amide bonds. The summed E-state index contributed by atoms with van der Waals surface area (Å²) in [7, 11) is 0. The Balaban J connectivity index is 1.47. The average Bonchev–Trinajstić information content (AvgIpc) is 3.46. The van der Waals surface area contributed by atoms with Crippen molar-refractivity contribution in [1.29, 1.82) is 0 Å². The van der Waals surface area contributed by atoms with Gasteiger partial charge in [-0.3, -0.25) is 0 Å². The van der Waals surface area contributed by atoms with Crippen LogP contribution in [-0.2, 0) is 6.42 Å². The predicted molar refractivity (Wildman–Crippen MR) is 114 cm³/mol. The minimum atomic E-state index is 0.447. The van der Waals surface area contributed by atoms with Crippen LogP contribution >= 0.6 is 0 Å². The standard InChI is InChI=1S/C20H24N8/c21-14-4-1-3-13(11-14)9-10-23-18-26-19(24-16-7-8-16)28-20(27-18)25-17-6-2-5-15(22)12-17/h1-6,11-12,16H,7-10,21-22H2,(H3,23,24,25,26,27,28).